The van der Waals surface area contributed by atoms with E-state index in [1.165, 1.54) is 12.3 Å². The second kappa shape index (κ2) is 7.74. The lowest BCUT2D eigenvalue weighted by atomic mass is 9.93. The van der Waals surface area contributed by atoms with Crippen molar-refractivity contribution < 1.29 is 25.5 Å². The second-order valence-corrected chi connectivity index (χ2v) is 6.19. The van der Waals surface area contributed by atoms with Crippen LogP contribution in [0.4, 0.5) is 0 Å². The van der Waals surface area contributed by atoms with Crippen LogP contribution in [0.2, 0.25) is 0 Å². The molecule has 0 aromatic heterocycles. The third-order valence-corrected chi connectivity index (χ3v) is 4.15. The average Bonchev–Trinajstić information content (AvgIpc) is 2.63. The van der Waals surface area contributed by atoms with Crippen molar-refractivity contribution in [1.82, 2.24) is 0 Å². The van der Waals surface area contributed by atoms with Crippen molar-refractivity contribution >= 4 is 5.57 Å². The van der Waals surface area contributed by atoms with Gasteiger partial charge in [0.1, 0.15) is 0 Å². The Bertz CT molecular complexity index is 840. The lowest BCUT2D eigenvalue weighted by molar-refractivity contribution is 0.327. The smallest absolute Gasteiger partial charge is 0.208 e. The van der Waals surface area contributed by atoms with E-state index >= 15 is 0 Å². The van der Waals surface area contributed by atoms with E-state index in [0.717, 1.165) is 11.1 Å². The number of allylic oxidation sites excluding steroid dienone is 3. The van der Waals surface area contributed by atoms with E-state index in [0.29, 0.717) is 12.3 Å². The van der Waals surface area contributed by atoms with Crippen molar-refractivity contribution in [1.29, 1.82) is 0 Å². The number of phenols is 5. The van der Waals surface area contributed by atoms with Crippen molar-refractivity contribution in [3.05, 3.63) is 59.3 Å². The quantitative estimate of drug-likeness (QED) is 0.276. The number of aromatic hydroxyl groups is 5. The molecule has 0 unspecified atom stereocenters. The average molecular weight is 357 g/mol. The van der Waals surface area contributed by atoms with Crippen LogP contribution in [0.15, 0.2) is 42.6 Å². The largest absolute Gasteiger partial charge is 0.504 e. The molecule has 0 aliphatic carbocycles. The first-order valence-electron chi connectivity index (χ1n) is 8.14. The van der Waals surface area contributed by atoms with Gasteiger partial charge >= 0.3 is 0 Å². The molecule has 0 radical (unpaired) electrons. The van der Waals surface area contributed by atoms with Gasteiger partial charge < -0.3 is 31.3 Å². The van der Waals surface area contributed by atoms with Crippen LogP contribution in [0.1, 0.15) is 36.5 Å². The minimum absolute atomic E-state index is 0.221. The number of benzene rings is 2. The maximum atomic E-state index is 10.1. The molecule has 0 heterocycles. The molecule has 0 saturated heterocycles. The Kier molecular flexibility index (Phi) is 5.67. The summed E-state index contributed by atoms with van der Waals surface area (Å²) in [5.41, 5.74) is 7.73. The van der Waals surface area contributed by atoms with E-state index in [-0.39, 0.29) is 11.1 Å². The van der Waals surface area contributed by atoms with Crippen LogP contribution >= 0.6 is 0 Å². The monoisotopic (exact) mass is 357 g/mol. The van der Waals surface area contributed by atoms with Crippen LogP contribution in [0.25, 0.3) is 5.57 Å². The summed E-state index contributed by atoms with van der Waals surface area (Å²) in [4.78, 5) is 0. The van der Waals surface area contributed by atoms with E-state index < -0.39 is 28.7 Å². The highest BCUT2D eigenvalue weighted by Gasteiger charge is 2.24. The number of phenolic OH excluding ortho intramolecular Hbond substituents is 5. The Morgan fingerprint density at radius 1 is 0.923 bits per heavy atom. The van der Waals surface area contributed by atoms with Crippen LogP contribution < -0.4 is 5.73 Å². The van der Waals surface area contributed by atoms with Crippen LogP contribution in [0, 0.1) is 0 Å². The van der Waals surface area contributed by atoms with Gasteiger partial charge in [0.25, 0.3) is 0 Å². The molecule has 0 saturated carbocycles. The summed E-state index contributed by atoms with van der Waals surface area (Å²) in [6.07, 6.45) is 4.80. The van der Waals surface area contributed by atoms with Gasteiger partial charge in [-0.05, 0) is 41.3 Å². The summed E-state index contributed by atoms with van der Waals surface area (Å²) in [5, 5.41) is 49.3. The summed E-state index contributed by atoms with van der Waals surface area (Å²) < 4.78 is 0. The highest BCUT2D eigenvalue weighted by atomic mass is 16.4. The van der Waals surface area contributed by atoms with Gasteiger partial charge in [-0.25, -0.2) is 0 Å². The Morgan fingerprint density at radius 2 is 1.46 bits per heavy atom. The maximum Gasteiger partial charge on any atom is 0.208 e. The highest BCUT2D eigenvalue weighted by Crippen LogP contribution is 2.53. The molecule has 0 spiro atoms. The molecule has 2 rings (SSSR count). The molecule has 0 bridgehead atoms. The van der Waals surface area contributed by atoms with Gasteiger partial charge in [0.15, 0.2) is 11.5 Å². The molecule has 0 atom stereocenters. The zero-order valence-electron chi connectivity index (χ0n) is 14.6. The highest BCUT2D eigenvalue weighted by molar-refractivity contribution is 5.86. The summed E-state index contributed by atoms with van der Waals surface area (Å²) in [7, 11) is 0. The predicted octanol–water partition coefficient (Wildman–Crippen LogP) is 3.44. The van der Waals surface area contributed by atoms with Crippen LogP contribution in [-0.2, 0) is 6.42 Å². The molecule has 6 nitrogen and oxygen atoms in total. The van der Waals surface area contributed by atoms with Gasteiger partial charge in [0.2, 0.25) is 17.2 Å². The SMILES string of the molecule is CC(C)c1ccccc1C/C=C(\C=C/N)c1c(O)c(O)c(O)c(O)c1O. The normalized spacial score (nSPS) is 12.2. The number of rotatable bonds is 5. The fourth-order valence-corrected chi connectivity index (χ4v) is 2.82. The van der Waals surface area contributed by atoms with E-state index in [2.05, 4.69) is 13.8 Å². The number of hydrogen-bond acceptors (Lipinski definition) is 6. The van der Waals surface area contributed by atoms with Crippen LogP contribution in [-0.4, -0.2) is 25.5 Å². The Balaban J connectivity index is 2.57. The van der Waals surface area contributed by atoms with Gasteiger partial charge in [-0.1, -0.05) is 44.2 Å². The molecular weight excluding hydrogens is 334 g/mol. The van der Waals surface area contributed by atoms with Crippen LogP contribution in [0.3, 0.4) is 0 Å². The van der Waals surface area contributed by atoms with Crippen LogP contribution in [0.5, 0.6) is 28.7 Å². The summed E-state index contributed by atoms with van der Waals surface area (Å²) in [5.74, 6) is -4.02. The van der Waals surface area contributed by atoms with E-state index in [4.69, 9.17) is 5.73 Å². The fraction of sp³-hybridized carbons (Fsp3) is 0.200. The first-order chi connectivity index (χ1) is 12.3. The van der Waals surface area contributed by atoms with Crippen molar-refractivity contribution in [3.63, 3.8) is 0 Å². The van der Waals surface area contributed by atoms with E-state index in [9.17, 15) is 25.5 Å². The van der Waals surface area contributed by atoms with Crippen molar-refractivity contribution in [3.8, 4) is 28.7 Å². The second-order valence-electron chi connectivity index (χ2n) is 6.19. The lowest BCUT2D eigenvalue weighted by Gasteiger charge is -2.14. The molecule has 6 heteroatoms. The molecule has 2 aromatic rings. The third kappa shape index (κ3) is 3.54. The molecule has 0 aliphatic heterocycles. The molecular formula is C20H23NO5. The summed E-state index contributed by atoms with van der Waals surface area (Å²) >= 11 is 0. The fourth-order valence-electron chi connectivity index (χ4n) is 2.82. The van der Waals surface area contributed by atoms with E-state index in [1.807, 2.05) is 24.3 Å². The van der Waals surface area contributed by atoms with Gasteiger partial charge in [0.05, 0.1) is 5.56 Å². The Morgan fingerprint density at radius 3 is 2.00 bits per heavy atom. The predicted molar refractivity (Wildman–Crippen MR) is 100 cm³/mol. The van der Waals surface area contributed by atoms with Gasteiger partial charge in [-0.3, -0.25) is 0 Å². The standard InChI is InChI=1S/C20H23NO5/c1-11(2)14-6-4-3-5-12(14)7-8-13(9-10-21)15-16(22)18(24)20(26)19(25)17(15)23/h3-6,8-11,22-26H,7,21H2,1-2H3/b10-9-,13-8+. The molecule has 0 amide bonds. The van der Waals surface area contributed by atoms with Gasteiger partial charge in [-0.15, -0.1) is 0 Å². The molecule has 26 heavy (non-hydrogen) atoms. The summed E-state index contributed by atoms with van der Waals surface area (Å²) in [6.45, 7) is 4.16. The molecule has 138 valence electrons. The summed E-state index contributed by atoms with van der Waals surface area (Å²) in [6, 6.07) is 7.87. The Hall–Kier alpha value is -3.28. The first-order valence-corrected chi connectivity index (χ1v) is 8.14. The zero-order valence-corrected chi connectivity index (χ0v) is 14.6. The lowest BCUT2D eigenvalue weighted by Crippen LogP contribution is -1.96. The van der Waals surface area contributed by atoms with Crippen molar-refractivity contribution in [2.75, 3.05) is 0 Å². The zero-order chi connectivity index (χ0) is 19.4. The first kappa shape index (κ1) is 19.1. The minimum atomic E-state index is -0.995. The number of hydrogen-bond donors (Lipinski definition) is 6. The van der Waals surface area contributed by atoms with Crippen molar-refractivity contribution in [2.45, 2.75) is 26.2 Å². The van der Waals surface area contributed by atoms with Gasteiger partial charge in [-0.2, -0.15) is 0 Å². The topological polar surface area (TPSA) is 127 Å². The Labute approximate surface area is 151 Å². The minimum Gasteiger partial charge on any atom is -0.504 e. The molecule has 2 aromatic carbocycles. The molecule has 0 aliphatic rings. The maximum absolute atomic E-state index is 10.1. The third-order valence-electron chi connectivity index (χ3n) is 4.15. The number of nitrogens with two attached hydrogens (primary N) is 1. The molecule has 0 fully saturated rings. The molecule has 7 N–H and O–H groups in total. The van der Waals surface area contributed by atoms with Gasteiger partial charge in [0, 0.05) is 0 Å². The van der Waals surface area contributed by atoms with E-state index in [1.54, 1.807) is 6.08 Å². The van der Waals surface area contributed by atoms with Crippen molar-refractivity contribution in [2.24, 2.45) is 5.73 Å².